The van der Waals surface area contributed by atoms with Crippen molar-refractivity contribution in [3.8, 4) is 11.1 Å². The zero-order valence-electron chi connectivity index (χ0n) is 10.3. The number of aromatic carboxylic acids is 1. The topological polar surface area (TPSA) is 55.1 Å². The maximum atomic E-state index is 11.4. The molecule has 5 heteroatoms. The van der Waals surface area contributed by atoms with Crippen molar-refractivity contribution in [3.05, 3.63) is 40.1 Å². The van der Waals surface area contributed by atoms with Gasteiger partial charge in [0.15, 0.2) is 5.69 Å². The molecule has 0 atom stereocenters. The van der Waals surface area contributed by atoms with Crippen molar-refractivity contribution in [1.82, 2.24) is 9.78 Å². The zero-order valence-corrected chi connectivity index (χ0v) is 11.9. The summed E-state index contributed by atoms with van der Waals surface area (Å²) in [6.07, 6.45) is 3.03. The van der Waals surface area contributed by atoms with Gasteiger partial charge in [-0.25, -0.2) is 4.79 Å². The number of aryl methyl sites for hydroxylation is 1. The Balaban J connectivity index is 2.27. The molecule has 19 heavy (non-hydrogen) atoms. The number of carbonyl (C=O) groups is 1. The number of halogens is 1. The van der Waals surface area contributed by atoms with Gasteiger partial charge in [0.05, 0.1) is 0 Å². The molecule has 0 unspecified atom stereocenters. The van der Waals surface area contributed by atoms with Crippen molar-refractivity contribution in [1.29, 1.82) is 0 Å². The standard InChI is InChI=1S/C14H13BrN2O2/c15-10-6-2-1-5-9(10)12-11-7-3-4-8-17(11)16-13(12)14(18)19/h1-2,5-6H,3-4,7-8H2,(H,18,19). The first-order valence-electron chi connectivity index (χ1n) is 6.26. The zero-order chi connectivity index (χ0) is 13.4. The molecule has 1 aromatic heterocycles. The normalized spacial score (nSPS) is 14.2. The first-order chi connectivity index (χ1) is 9.18. The highest BCUT2D eigenvalue weighted by atomic mass is 79.9. The summed E-state index contributed by atoms with van der Waals surface area (Å²) in [6.45, 7) is 0.806. The molecule has 1 N–H and O–H groups in total. The van der Waals surface area contributed by atoms with Gasteiger partial charge in [-0.3, -0.25) is 4.68 Å². The Morgan fingerprint density at radius 3 is 2.84 bits per heavy atom. The van der Waals surface area contributed by atoms with E-state index in [9.17, 15) is 9.90 Å². The van der Waals surface area contributed by atoms with E-state index in [2.05, 4.69) is 21.0 Å². The summed E-state index contributed by atoms with van der Waals surface area (Å²) >= 11 is 3.50. The Morgan fingerprint density at radius 2 is 2.11 bits per heavy atom. The Kier molecular flexibility index (Phi) is 3.14. The molecule has 1 aromatic carbocycles. The van der Waals surface area contributed by atoms with Gasteiger partial charge in [0.1, 0.15) is 0 Å². The molecule has 4 nitrogen and oxygen atoms in total. The highest BCUT2D eigenvalue weighted by Crippen LogP contribution is 2.35. The van der Waals surface area contributed by atoms with Crippen LogP contribution in [0.15, 0.2) is 28.7 Å². The molecule has 0 radical (unpaired) electrons. The molecule has 0 saturated carbocycles. The molecular weight excluding hydrogens is 308 g/mol. The number of rotatable bonds is 2. The van der Waals surface area contributed by atoms with Crippen molar-refractivity contribution in [2.24, 2.45) is 0 Å². The molecule has 2 aromatic rings. The van der Waals surface area contributed by atoms with Crippen LogP contribution in [0.1, 0.15) is 29.0 Å². The van der Waals surface area contributed by atoms with Gasteiger partial charge in [0.2, 0.25) is 0 Å². The Morgan fingerprint density at radius 1 is 1.32 bits per heavy atom. The van der Waals surface area contributed by atoms with Gasteiger partial charge >= 0.3 is 5.97 Å². The molecule has 1 aliphatic heterocycles. The number of hydrogen-bond acceptors (Lipinski definition) is 2. The first kappa shape index (κ1) is 12.4. The van der Waals surface area contributed by atoms with Crippen LogP contribution in [0.5, 0.6) is 0 Å². The second kappa shape index (κ2) is 4.81. The summed E-state index contributed by atoms with van der Waals surface area (Å²) in [4.78, 5) is 11.4. The number of aromatic nitrogens is 2. The predicted molar refractivity (Wildman–Crippen MR) is 75.3 cm³/mol. The van der Waals surface area contributed by atoms with E-state index < -0.39 is 5.97 Å². The fraction of sp³-hybridized carbons (Fsp3) is 0.286. The Labute approximate surface area is 119 Å². The van der Waals surface area contributed by atoms with E-state index in [-0.39, 0.29) is 5.69 Å². The van der Waals surface area contributed by atoms with E-state index >= 15 is 0 Å². The minimum absolute atomic E-state index is 0.156. The quantitative estimate of drug-likeness (QED) is 0.923. The van der Waals surface area contributed by atoms with Crippen LogP contribution in [0.4, 0.5) is 0 Å². The van der Waals surface area contributed by atoms with Crippen molar-refractivity contribution < 1.29 is 9.90 Å². The summed E-state index contributed by atoms with van der Waals surface area (Å²) in [5.41, 5.74) is 2.86. The van der Waals surface area contributed by atoms with Crippen molar-refractivity contribution in [2.45, 2.75) is 25.8 Å². The number of fused-ring (bicyclic) bond motifs is 1. The lowest BCUT2D eigenvalue weighted by Gasteiger charge is -2.15. The van der Waals surface area contributed by atoms with Crippen LogP contribution in [0.2, 0.25) is 0 Å². The summed E-state index contributed by atoms with van der Waals surface area (Å²) in [7, 11) is 0. The minimum atomic E-state index is -0.965. The molecule has 0 spiro atoms. The van der Waals surface area contributed by atoms with E-state index in [0.717, 1.165) is 47.1 Å². The van der Waals surface area contributed by atoms with Crippen LogP contribution < -0.4 is 0 Å². The third kappa shape index (κ3) is 2.08. The average Bonchev–Trinajstić information content (AvgIpc) is 2.79. The molecule has 3 rings (SSSR count). The van der Waals surface area contributed by atoms with Gasteiger partial charge in [-0.15, -0.1) is 0 Å². The highest BCUT2D eigenvalue weighted by Gasteiger charge is 2.26. The van der Waals surface area contributed by atoms with Gasteiger partial charge in [-0.1, -0.05) is 34.1 Å². The van der Waals surface area contributed by atoms with Crippen molar-refractivity contribution in [2.75, 3.05) is 0 Å². The van der Waals surface area contributed by atoms with Crippen LogP contribution >= 0.6 is 15.9 Å². The van der Waals surface area contributed by atoms with E-state index in [1.807, 2.05) is 28.9 Å². The van der Waals surface area contributed by atoms with Gasteiger partial charge < -0.3 is 5.11 Å². The molecule has 98 valence electrons. The second-order valence-corrected chi connectivity index (χ2v) is 5.49. The first-order valence-corrected chi connectivity index (χ1v) is 7.05. The van der Waals surface area contributed by atoms with E-state index in [1.165, 1.54) is 0 Å². The monoisotopic (exact) mass is 320 g/mol. The lowest BCUT2D eigenvalue weighted by Crippen LogP contribution is -2.11. The maximum absolute atomic E-state index is 11.4. The smallest absolute Gasteiger partial charge is 0.357 e. The number of hydrogen-bond donors (Lipinski definition) is 1. The average molecular weight is 321 g/mol. The van der Waals surface area contributed by atoms with Crippen LogP contribution in [0.25, 0.3) is 11.1 Å². The molecule has 2 heterocycles. The second-order valence-electron chi connectivity index (χ2n) is 4.64. The van der Waals surface area contributed by atoms with E-state index in [1.54, 1.807) is 0 Å². The van der Waals surface area contributed by atoms with Crippen LogP contribution in [0, 0.1) is 0 Å². The fourth-order valence-electron chi connectivity index (χ4n) is 2.59. The predicted octanol–water partition coefficient (Wildman–Crippen LogP) is 3.35. The largest absolute Gasteiger partial charge is 0.476 e. The summed E-state index contributed by atoms with van der Waals surface area (Å²) in [6, 6.07) is 7.69. The van der Waals surface area contributed by atoms with E-state index in [0.29, 0.717) is 0 Å². The fourth-order valence-corrected chi connectivity index (χ4v) is 3.07. The molecule has 0 aliphatic carbocycles. The number of benzene rings is 1. The Hall–Kier alpha value is -1.62. The molecule has 1 aliphatic rings. The van der Waals surface area contributed by atoms with Crippen LogP contribution in [0.3, 0.4) is 0 Å². The highest BCUT2D eigenvalue weighted by molar-refractivity contribution is 9.10. The van der Waals surface area contributed by atoms with Crippen LogP contribution in [-0.4, -0.2) is 20.9 Å². The minimum Gasteiger partial charge on any atom is -0.476 e. The van der Waals surface area contributed by atoms with Gasteiger partial charge in [0.25, 0.3) is 0 Å². The van der Waals surface area contributed by atoms with Gasteiger partial charge in [-0.2, -0.15) is 5.10 Å². The summed E-state index contributed by atoms with van der Waals surface area (Å²) in [5, 5.41) is 13.6. The maximum Gasteiger partial charge on any atom is 0.357 e. The summed E-state index contributed by atoms with van der Waals surface area (Å²) < 4.78 is 2.75. The number of carboxylic acid groups (broad SMARTS) is 1. The third-order valence-electron chi connectivity index (χ3n) is 3.44. The molecule has 0 saturated heterocycles. The van der Waals surface area contributed by atoms with Crippen LogP contribution in [-0.2, 0) is 13.0 Å². The molecule has 0 fully saturated rings. The lowest BCUT2D eigenvalue weighted by molar-refractivity contribution is 0.0690. The number of carboxylic acids is 1. The van der Waals surface area contributed by atoms with E-state index in [4.69, 9.17) is 0 Å². The molecule has 0 bridgehead atoms. The SMILES string of the molecule is O=C(O)c1nn2c(c1-c1ccccc1Br)CCCC2. The number of nitrogens with zero attached hydrogens (tertiary/aromatic N) is 2. The lowest BCUT2D eigenvalue weighted by atomic mass is 9.98. The van der Waals surface area contributed by atoms with Gasteiger partial charge in [-0.05, 0) is 25.3 Å². The molecule has 0 amide bonds. The molecular formula is C14H13BrN2O2. The Bertz CT molecular complexity index is 649. The summed E-state index contributed by atoms with van der Waals surface area (Å²) in [5.74, 6) is -0.965. The van der Waals surface area contributed by atoms with Crippen molar-refractivity contribution >= 4 is 21.9 Å². The van der Waals surface area contributed by atoms with Crippen molar-refractivity contribution in [3.63, 3.8) is 0 Å². The van der Waals surface area contributed by atoms with Gasteiger partial charge in [0, 0.05) is 27.8 Å². The third-order valence-corrected chi connectivity index (χ3v) is 4.13.